The first-order valence-corrected chi connectivity index (χ1v) is 13.3. The second-order valence-corrected chi connectivity index (χ2v) is 10.8. The predicted octanol–water partition coefficient (Wildman–Crippen LogP) is 4.03. The second-order valence-electron chi connectivity index (χ2n) is 10.8. The van der Waals surface area contributed by atoms with Gasteiger partial charge >= 0.3 is 11.8 Å². The van der Waals surface area contributed by atoms with E-state index in [9.17, 15) is 19.2 Å². The van der Waals surface area contributed by atoms with Gasteiger partial charge in [-0.1, -0.05) is 54.1 Å². The quantitative estimate of drug-likeness (QED) is 0.327. The highest BCUT2D eigenvalue weighted by Gasteiger charge is 2.25. The number of hydrogen-bond acceptors (Lipinski definition) is 6. The lowest BCUT2D eigenvalue weighted by molar-refractivity contribution is -0.121. The number of Topliss-reactive ketones (excluding diaryl/α,β-unsaturated/α-hetero) is 1. The van der Waals surface area contributed by atoms with Crippen LogP contribution in [0.2, 0.25) is 0 Å². The van der Waals surface area contributed by atoms with Gasteiger partial charge in [-0.25, -0.2) is 14.6 Å². The first kappa shape index (κ1) is 28.5. The summed E-state index contributed by atoms with van der Waals surface area (Å²) >= 11 is 0. The zero-order chi connectivity index (χ0) is 29.0. The van der Waals surface area contributed by atoms with E-state index in [-0.39, 0.29) is 18.7 Å². The predicted molar refractivity (Wildman–Crippen MR) is 152 cm³/mol. The minimum atomic E-state index is -0.827. The number of aromatic amines is 1. The van der Waals surface area contributed by atoms with E-state index in [1.165, 1.54) is 4.57 Å². The molecule has 4 aromatic rings. The summed E-state index contributed by atoms with van der Waals surface area (Å²) in [5.41, 5.74) is 2.57. The molecule has 10 heteroatoms. The zero-order valence-corrected chi connectivity index (χ0v) is 23.5. The van der Waals surface area contributed by atoms with Gasteiger partial charge < -0.3 is 14.6 Å². The number of hydrogen-bond donors (Lipinski definition) is 2. The summed E-state index contributed by atoms with van der Waals surface area (Å²) in [5, 5.41) is 2.74. The number of nitrogens with zero attached hydrogens (tertiary/aromatic N) is 3. The van der Waals surface area contributed by atoms with Crippen molar-refractivity contribution in [3.63, 3.8) is 0 Å². The van der Waals surface area contributed by atoms with Crippen LogP contribution in [-0.4, -0.2) is 36.6 Å². The zero-order valence-electron chi connectivity index (χ0n) is 23.5. The van der Waals surface area contributed by atoms with Crippen molar-refractivity contribution < 1.29 is 14.3 Å². The van der Waals surface area contributed by atoms with E-state index < -0.39 is 29.0 Å². The normalized spacial score (nSPS) is 12.3. The third kappa shape index (κ3) is 6.74. The van der Waals surface area contributed by atoms with E-state index in [0.717, 1.165) is 16.7 Å². The molecule has 0 radical (unpaired) electrons. The van der Waals surface area contributed by atoms with E-state index in [2.05, 4.69) is 15.3 Å². The maximum absolute atomic E-state index is 13.3. The molecule has 1 unspecified atom stereocenters. The van der Waals surface area contributed by atoms with Crippen LogP contribution >= 0.6 is 0 Å². The number of ether oxygens (including phenoxy) is 1. The molecule has 2 heterocycles. The molecule has 0 spiro atoms. The molecule has 1 atom stereocenters. The maximum atomic E-state index is 13.3. The number of aryl methyl sites for hydroxylation is 3. The molecule has 0 fully saturated rings. The van der Waals surface area contributed by atoms with Crippen LogP contribution in [0.3, 0.4) is 0 Å². The molecule has 0 bridgehead atoms. The average molecular weight is 546 g/mol. The fraction of sp³-hybridized carbons (Fsp3) is 0.367. The van der Waals surface area contributed by atoms with Crippen LogP contribution in [0.25, 0.3) is 11.2 Å². The van der Waals surface area contributed by atoms with Gasteiger partial charge in [0.2, 0.25) is 0 Å². The standard InChI is InChI=1S/C30H35N5O5/c1-6-34-18-31-26-25(34)27(37)33-28(38)35(26)17-21-11-9-20(10-12-21)13-16-23(36)24(22-14-7-19(2)8-15-22)32-29(39)40-30(3,4)5/h7-12,14-15,18,24H,6,13,16-17H2,1-5H3,(H,32,39)(H,33,37,38). The van der Waals surface area contributed by atoms with Crippen LogP contribution in [-0.2, 0) is 29.0 Å². The lowest BCUT2D eigenvalue weighted by Gasteiger charge is -2.23. The molecule has 2 aromatic heterocycles. The van der Waals surface area contributed by atoms with Gasteiger partial charge in [-0.15, -0.1) is 0 Å². The Kier molecular flexibility index (Phi) is 8.37. The first-order valence-electron chi connectivity index (χ1n) is 13.3. The summed E-state index contributed by atoms with van der Waals surface area (Å²) in [6.07, 6.45) is 1.59. The monoisotopic (exact) mass is 545 g/mol. The number of fused-ring (bicyclic) bond motifs is 1. The molecular formula is C30H35N5O5. The molecule has 0 aliphatic rings. The Labute approximate surface area is 232 Å². The topological polar surface area (TPSA) is 128 Å². The summed E-state index contributed by atoms with van der Waals surface area (Å²) < 4.78 is 8.53. The molecule has 2 N–H and O–H groups in total. The summed E-state index contributed by atoms with van der Waals surface area (Å²) in [6, 6.07) is 14.2. The number of imidazole rings is 1. The average Bonchev–Trinajstić information content (AvgIpc) is 3.33. The fourth-order valence-electron chi connectivity index (χ4n) is 4.45. The summed E-state index contributed by atoms with van der Waals surface area (Å²) in [7, 11) is 0. The summed E-state index contributed by atoms with van der Waals surface area (Å²) in [5.74, 6) is -0.132. The van der Waals surface area contributed by atoms with Gasteiger partial charge in [0.1, 0.15) is 11.6 Å². The number of ketones is 1. The molecule has 0 saturated carbocycles. The van der Waals surface area contributed by atoms with Crippen LogP contribution in [0, 0.1) is 6.92 Å². The number of nitrogens with one attached hydrogen (secondary N) is 2. The lowest BCUT2D eigenvalue weighted by Crippen LogP contribution is -2.38. The molecular weight excluding hydrogens is 510 g/mol. The molecule has 2 aromatic carbocycles. The Morgan fingerprint density at radius 3 is 2.30 bits per heavy atom. The van der Waals surface area contributed by atoms with Gasteiger partial charge in [-0.3, -0.25) is 19.1 Å². The number of amides is 1. The third-order valence-electron chi connectivity index (χ3n) is 6.51. The number of carbonyl (C=O) groups excluding carboxylic acids is 2. The van der Waals surface area contributed by atoms with Gasteiger partial charge in [0.25, 0.3) is 5.56 Å². The Bertz CT molecular complexity index is 1620. The second kappa shape index (κ2) is 11.7. The minimum absolute atomic E-state index is 0.132. The van der Waals surface area contributed by atoms with E-state index in [1.807, 2.05) is 62.4 Å². The summed E-state index contributed by atoms with van der Waals surface area (Å²) in [6.45, 7) is 9.96. The Hall–Kier alpha value is -4.47. The number of carbonyl (C=O) groups is 2. The highest BCUT2D eigenvalue weighted by Crippen LogP contribution is 2.20. The number of alkyl carbamates (subject to hydrolysis) is 1. The van der Waals surface area contributed by atoms with Crippen LogP contribution in [0.5, 0.6) is 0 Å². The largest absolute Gasteiger partial charge is 0.444 e. The van der Waals surface area contributed by atoms with Gasteiger partial charge in [-0.2, -0.15) is 0 Å². The number of rotatable bonds is 9. The molecule has 210 valence electrons. The van der Waals surface area contributed by atoms with Crippen molar-refractivity contribution in [2.45, 2.75) is 72.2 Å². The Morgan fingerprint density at radius 2 is 1.68 bits per heavy atom. The van der Waals surface area contributed by atoms with E-state index in [1.54, 1.807) is 31.7 Å². The lowest BCUT2D eigenvalue weighted by atomic mass is 9.97. The SMILES string of the molecule is CCn1cnc2c1c(=O)[nH]c(=O)n2Cc1ccc(CCC(=O)C(NC(=O)OC(C)(C)C)c2ccc(C)cc2)cc1. The molecule has 4 rings (SSSR count). The fourth-order valence-corrected chi connectivity index (χ4v) is 4.45. The Morgan fingerprint density at radius 1 is 1.02 bits per heavy atom. The number of aromatic nitrogens is 4. The van der Waals surface area contributed by atoms with Crippen molar-refractivity contribution in [1.82, 2.24) is 24.4 Å². The Balaban J connectivity index is 1.46. The van der Waals surface area contributed by atoms with E-state index >= 15 is 0 Å². The molecule has 1 amide bonds. The third-order valence-corrected chi connectivity index (χ3v) is 6.51. The molecule has 40 heavy (non-hydrogen) atoms. The van der Waals surface area contributed by atoms with Crippen LogP contribution in [0.1, 0.15) is 62.4 Å². The van der Waals surface area contributed by atoms with Crippen LogP contribution in [0.4, 0.5) is 4.79 Å². The first-order chi connectivity index (χ1) is 18.9. The molecule has 0 aliphatic carbocycles. The van der Waals surface area contributed by atoms with Crippen molar-refractivity contribution in [1.29, 1.82) is 0 Å². The number of H-pyrrole nitrogens is 1. The minimum Gasteiger partial charge on any atom is -0.444 e. The molecule has 10 nitrogen and oxygen atoms in total. The number of benzene rings is 2. The van der Waals surface area contributed by atoms with E-state index in [0.29, 0.717) is 29.7 Å². The van der Waals surface area contributed by atoms with Crippen molar-refractivity contribution in [2.24, 2.45) is 0 Å². The molecule has 0 saturated heterocycles. The smallest absolute Gasteiger partial charge is 0.408 e. The van der Waals surface area contributed by atoms with E-state index in [4.69, 9.17) is 4.74 Å². The maximum Gasteiger partial charge on any atom is 0.408 e. The van der Waals surface area contributed by atoms with Gasteiger partial charge in [0, 0.05) is 13.0 Å². The van der Waals surface area contributed by atoms with Crippen molar-refractivity contribution in [3.05, 3.63) is 98.0 Å². The highest BCUT2D eigenvalue weighted by molar-refractivity contribution is 5.88. The summed E-state index contributed by atoms with van der Waals surface area (Å²) in [4.78, 5) is 57.3. The van der Waals surface area contributed by atoms with Gasteiger partial charge in [0.15, 0.2) is 16.9 Å². The van der Waals surface area contributed by atoms with Crippen molar-refractivity contribution >= 4 is 23.0 Å². The highest BCUT2D eigenvalue weighted by atomic mass is 16.6. The van der Waals surface area contributed by atoms with Gasteiger partial charge in [0.05, 0.1) is 12.9 Å². The van der Waals surface area contributed by atoms with Crippen molar-refractivity contribution in [2.75, 3.05) is 0 Å². The van der Waals surface area contributed by atoms with Crippen molar-refractivity contribution in [3.8, 4) is 0 Å². The van der Waals surface area contributed by atoms with Crippen LogP contribution < -0.4 is 16.6 Å². The molecule has 0 aliphatic heterocycles. The van der Waals surface area contributed by atoms with Gasteiger partial charge in [-0.05, 0) is 57.7 Å². The van der Waals surface area contributed by atoms with Crippen LogP contribution in [0.15, 0.2) is 64.4 Å².